The molecular weight excluding hydrogens is 297 g/mol. The second-order valence-corrected chi connectivity index (χ2v) is 7.65. The number of halogens is 1. The van der Waals surface area contributed by atoms with Crippen molar-refractivity contribution in [1.82, 2.24) is 4.72 Å². The maximum atomic E-state index is 13.8. The highest BCUT2D eigenvalue weighted by Gasteiger charge is 2.27. The largest absolute Gasteiger partial charge is 0.478 e. The molecule has 7 heteroatoms. The molecule has 0 amide bonds. The molecule has 21 heavy (non-hydrogen) atoms. The normalized spacial score (nSPS) is 12.7. The molecule has 0 bridgehead atoms. The van der Waals surface area contributed by atoms with Crippen molar-refractivity contribution in [1.29, 1.82) is 0 Å². The Morgan fingerprint density at radius 3 is 2.38 bits per heavy atom. The van der Waals surface area contributed by atoms with Crippen LogP contribution >= 0.6 is 0 Å². The van der Waals surface area contributed by atoms with Gasteiger partial charge in [0.1, 0.15) is 10.7 Å². The molecule has 0 saturated heterocycles. The molecule has 0 saturated carbocycles. The number of sulfonamides is 1. The lowest BCUT2D eigenvalue weighted by molar-refractivity contribution is 0.0696. The van der Waals surface area contributed by atoms with E-state index in [0.717, 1.165) is 12.1 Å². The van der Waals surface area contributed by atoms with Crippen LogP contribution in [0.2, 0.25) is 0 Å². The average Bonchev–Trinajstić information content (AvgIpc) is 2.36. The topological polar surface area (TPSA) is 83.5 Å². The van der Waals surface area contributed by atoms with Crippen LogP contribution < -0.4 is 4.72 Å². The molecule has 2 N–H and O–H groups in total. The summed E-state index contributed by atoms with van der Waals surface area (Å²) in [7, 11) is -4.02. The summed E-state index contributed by atoms with van der Waals surface area (Å²) in [4.78, 5) is 10.2. The lowest BCUT2D eigenvalue weighted by Crippen LogP contribution is -2.37. The Morgan fingerprint density at radius 2 is 1.95 bits per heavy atom. The first-order valence-corrected chi connectivity index (χ1v) is 7.98. The summed E-state index contributed by atoms with van der Waals surface area (Å²) >= 11 is 0. The summed E-state index contributed by atoms with van der Waals surface area (Å²) in [5.74, 6) is -2.16. The van der Waals surface area contributed by atoms with Crippen LogP contribution in [0.25, 0.3) is 0 Å². The maximum absolute atomic E-state index is 13.8. The molecule has 0 spiro atoms. The van der Waals surface area contributed by atoms with Crippen molar-refractivity contribution < 1.29 is 22.7 Å². The first kappa shape index (κ1) is 17.6. The van der Waals surface area contributed by atoms with Crippen LogP contribution in [0.4, 0.5) is 4.39 Å². The number of carboxylic acids is 1. The third-order valence-electron chi connectivity index (χ3n) is 3.75. The van der Waals surface area contributed by atoms with Gasteiger partial charge in [-0.05, 0) is 29.5 Å². The summed E-state index contributed by atoms with van der Waals surface area (Å²) in [5.41, 5.74) is -0.584. The first-order valence-electron chi connectivity index (χ1n) is 6.50. The fraction of sp³-hybridized carbons (Fsp3) is 0.500. The Morgan fingerprint density at radius 1 is 1.38 bits per heavy atom. The van der Waals surface area contributed by atoms with Crippen LogP contribution in [0, 0.1) is 17.2 Å². The van der Waals surface area contributed by atoms with Gasteiger partial charge in [-0.3, -0.25) is 0 Å². The quantitative estimate of drug-likeness (QED) is 0.844. The summed E-state index contributed by atoms with van der Waals surface area (Å²) in [5, 5.41) is 8.74. The molecule has 0 heterocycles. The lowest BCUT2D eigenvalue weighted by atomic mass is 9.81. The van der Waals surface area contributed by atoms with Gasteiger partial charge in [-0.1, -0.05) is 27.7 Å². The lowest BCUT2D eigenvalue weighted by Gasteiger charge is -2.29. The molecule has 1 aromatic carbocycles. The van der Waals surface area contributed by atoms with Gasteiger partial charge in [0.2, 0.25) is 10.0 Å². The first-order chi connectivity index (χ1) is 9.47. The van der Waals surface area contributed by atoms with E-state index >= 15 is 0 Å². The zero-order chi connectivity index (χ0) is 16.4. The van der Waals surface area contributed by atoms with Gasteiger partial charge in [-0.2, -0.15) is 0 Å². The van der Waals surface area contributed by atoms with Gasteiger partial charge in [0.15, 0.2) is 0 Å². The molecule has 1 rings (SSSR count). The summed E-state index contributed by atoms with van der Waals surface area (Å²) in [6.45, 7) is 7.91. The van der Waals surface area contributed by atoms with Gasteiger partial charge >= 0.3 is 5.97 Å². The van der Waals surface area contributed by atoms with Crippen molar-refractivity contribution in [3.63, 3.8) is 0 Å². The highest BCUT2D eigenvalue weighted by Crippen LogP contribution is 2.26. The van der Waals surface area contributed by atoms with Gasteiger partial charge in [0.05, 0.1) is 5.56 Å². The second kappa shape index (κ2) is 6.11. The molecule has 0 aliphatic rings. The predicted molar refractivity (Wildman–Crippen MR) is 77.2 cm³/mol. The fourth-order valence-corrected chi connectivity index (χ4v) is 2.70. The van der Waals surface area contributed by atoms with E-state index in [1.807, 2.05) is 27.7 Å². The number of benzene rings is 1. The third kappa shape index (κ3) is 4.25. The van der Waals surface area contributed by atoms with Crippen LogP contribution in [0.15, 0.2) is 23.1 Å². The summed E-state index contributed by atoms with van der Waals surface area (Å²) in [6, 6.07) is 2.72. The van der Waals surface area contributed by atoms with Crippen molar-refractivity contribution >= 4 is 16.0 Å². The van der Waals surface area contributed by atoms with Crippen LogP contribution in [0.3, 0.4) is 0 Å². The fourth-order valence-electron chi connectivity index (χ4n) is 1.41. The minimum atomic E-state index is -4.02. The van der Waals surface area contributed by atoms with Crippen molar-refractivity contribution in [3.8, 4) is 0 Å². The summed E-state index contributed by atoms with van der Waals surface area (Å²) < 4.78 is 40.4. The number of aromatic carboxylic acids is 1. The molecule has 0 aromatic heterocycles. The zero-order valence-corrected chi connectivity index (χ0v) is 13.3. The Kier molecular flexibility index (Phi) is 5.11. The van der Waals surface area contributed by atoms with Crippen LogP contribution in [0.5, 0.6) is 0 Å². The van der Waals surface area contributed by atoms with Gasteiger partial charge in [-0.25, -0.2) is 22.3 Å². The standard InChI is InChI=1S/C14H20FNO4S/c1-9(2)14(3,4)8-16-21(19,20)12-6-5-10(13(17)18)7-11(12)15/h5-7,9,16H,8H2,1-4H3,(H,17,18). The predicted octanol–water partition coefficient (Wildman–Crippen LogP) is 2.48. The van der Waals surface area contributed by atoms with Crippen molar-refractivity contribution in [2.75, 3.05) is 6.54 Å². The molecular formula is C14H20FNO4S. The van der Waals surface area contributed by atoms with Crippen LogP contribution in [-0.4, -0.2) is 26.0 Å². The van der Waals surface area contributed by atoms with E-state index in [1.54, 1.807) is 0 Å². The molecule has 5 nitrogen and oxygen atoms in total. The van der Waals surface area contributed by atoms with Gasteiger partial charge in [-0.15, -0.1) is 0 Å². The Bertz CT molecular complexity index is 638. The molecule has 0 atom stereocenters. The van der Waals surface area contributed by atoms with Crippen molar-refractivity contribution in [2.45, 2.75) is 32.6 Å². The molecule has 0 aliphatic heterocycles. The molecule has 0 unspecified atom stereocenters. The average molecular weight is 317 g/mol. The van der Waals surface area contributed by atoms with E-state index in [0.29, 0.717) is 6.07 Å². The van der Waals surface area contributed by atoms with E-state index in [9.17, 15) is 17.6 Å². The molecule has 0 fully saturated rings. The Hall–Kier alpha value is -1.47. The minimum Gasteiger partial charge on any atom is -0.478 e. The number of rotatable bonds is 6. The molecule has 0 aliphatic carbocycles. The molecule has 0 radical (unpaired) electrons. The van der Waals surface area contributed by atoms with E-state index in [2.05, 4.69) is 4.72 Å². The van der Waals surface area contributed by atoms with Crippen LogP contribution in [-0.2, 0) is 10.0 Å². The number of hydrogen-bond donors (Lipinski definition) is 2. The van der Waals surface area contributed by atoms with Crippen molar-refractivity contribution in [3.05, 3.63) is 29.6 Å². The Balaban J connectivity index is 3.02. The number of carboxylic acid groups (broad SMARTS) is 1. The van der Waals surface area contributed by atoms with Gasteiger partial charge in [0.25, 0.3) is 0 Å². The minimum absolute atomic E-state index is 0.160. The smallest absolute Gasteiger partial charge is 0.335 e. The van der Waals surface area contributed by atoms with E-state index < -0.39 is 26.7 Å². The summed E-state index contributed by atoms with van der Waals surface area (Å²) in [6.07, 6.45) is 0. The SMILES string of the molecule is CC(C)C(C)(C)CNS(=O)(=O)c1ccc(C(=O)O)cc1F. The van der Waals surface area contributed by atoms with Gasteiger partial charge in [0, 0.05) is 6.54 Å². The van der Waals surface area contributed by atoms with E-state index in [4.69, 9.17) is 5.11 Å². The third-order valence-corrected chi connectivity index (χ3v) is 5.18. The highest BCUT2D eigenvalue weighted by molar-refractivity contribution is 7.89. The maximum Gasteiger partial charge on any atom is 0.335 e. The number of nitrogens with one attached hydrogen (secondary N) is 1. The van der Waals surface area contributed by atoms with E-state index in [1.165, 1.54) is 0 Å². The number of carbonyl (C=O) groups is 1. The van der Waals surface area contributed by atoms with E-state index in [-0.39, 0.29) is 23.4 Å². The Labute approximate surface area is 124 Å². The number of hydrogen-bond acceptors (Lipinski definition) is 3. The zero-order valence-electron chi connectivity index (χ0n) is 12.5. The highest BCUT2D eigenvalue weighted by atomic mass is 32.2. The second-order valence-electron chi connectivity index (χ2n) is 5.92. The van der Waals surface area contributed by atoms with Gasteiger partial charge < -0.3 is 5.11 Å². The molecule has 1 aromatic rings. The van der Waals surface area contributed by atoms with Crippen LogP contribution in [0.1, 0.15) is 38.1 Å². The molecule has 118 valence electrons. The monoisotopic (exact) mass is 317 g/mol. The van der Waals surface area contributed by atoms with Crippen molar-refractivity contribution in [2.24, 2.45) is 11.3 Å².